The van der Waals surface area contributed by atoms with Crippen LogP contribution in [-0.4, -0.2) is 10.1 Å². The van der Waals surface area contributed by atoms with Crippen molar-refractivity contribution in [1.29, 1.82) is 0 Å². The molecule has 2 nitrogen and oxygen atoms in total. The van der Waals surface area contributed by atoms with E-state index in [0.29, 0.717) is 0 Å². The fraction of sp³-hybridized carbons (Fsp3) is 0.118. The van der Waals surface area contributed by atoms with E-state index >= 15 is 0 Å². The number of aromatic nitrogens is 1. The van der Waals surface area contributed by atoms with E-state index in [1.165, 1.54) is 0 Å². The summed E-state index contributed by atoms with van der Waals surface area (Å²) in [5, 5.41) is 12.7. The molecule has 0 saturated heterocycles. The van der Waals surface area contributed by atoms with Crippen LogP contribution in [0.15, 0.2) is 59.3 Å². The lowest BCUT2D eigenvalue weighted by atomic mass is 9.96. The summed E-state index contributed by atoms with van der Waals surface area (Å²) in [5.74, 6) is 0. The van der Waals surface area contributed by atoms with Gasteiger partial charge in [-0.25, -0.2) is 0 Å². The average molecular weight is 328 g/mol. The smallest absolute Gasteiger partial charge is 0.105 e. The highest BCUT2D eigenvalue weighted by molar-refractivity contribution is 9.10. The van der Waals surface area contributed by atoms with E-state index in [4.69, 9.17) is 0 Å². The third kappa shape index (κ3) is 2.35. The number of aryl methyl sites for hydroxylation is 1. The number of benzene rings is 2. The number of aliphatic hydroxyl groups is 1. The molecule has 0 spiro atoms. The zero-order chi connectivity index (χ0) is 14.1. The molecule has 0 aliphatic carbocycles. The molecule has 1 atom stereocenters. The average Bonchev–Trinajstić information content (AvgIpc) is 2.49. The molecule has 1 unspecified atom stereocenters. The minimum absolute atomic E-state index is 0.641. The Balaban J connectivity index is 2.12. The van der Waals surface area contributed by atoms with Crippen molar-refractivity contribution in [3.8, 4) is 0 Å². The second-order valence-electron chi connectivity index (χ2n) is 4.86. The summed E-state index contributed by atoms with van der Waals surface area (Å²) < 4.78 is 1.01. The maximum absolute atomic E-state index is 10.7. The van der Waals surface area contributed by atoms with Gasteiger partial charge in [0.15, 0.2) is 0 Å². The van der Waals surface area contributed by atoms with Crippen LogP contribution in [0.1, 0.15) is 22.8 Å². The highest BCUT2D eigenvalue weighted by atomic mass is 79.9. The van der Waals surface area contributed by atoms with E-state index in [9.17, 15) is 5.11 Å². The molecule has 0 bridgehead atoms. The summed E-state index contributed by atoms with van der Waals surface area (Å²) >= 11 is 3.52. The fourth-order valence-corrected chi connectivity index (χ4v) is 2.74. The molecule has 100 valence electrons. The van der Waals surface area contributed by atoms with Gasteiger partial charge in [0.25, 0.3) is 0 Å². The van der Waals surface area contributed by atoms with Crippen LogP contribution < -0.4 is 0 Å². The number of halogens is 1. The third-order valence-corrected chi connectivity index (χ3v) is 4.38. The van der Waals surface area contributed by atoms with Crippen molar-refractivity contribution in [2.45, 2.75) is 13.0 Å². The van der Waals surface area contributed by atoms with Gasteiger partial charge in [-0.2, -0.15) is 0 Å². The van der Waals surface area contributed by atoms with Gasteiger partial charge in [0.2, 0.25) is 0 Å². The monoisotopic (exact) mass is 327 g/mol. The molecule has 1 aromatic heterocycles. The second kappa shape index (κ2) is 5.35. The van der Waals surface area contributed by atoms with E-state index in [-0.39, 0.29) is 0 Å². The largest absolute Gasteiger partial charge is 0.384 e. The Morgan fingerprint density at radius 1 is 1.15 bits per heavy atom. The van der Waals surface area contributed by atoms with E-state index in [0.717, 1.165) is 31.9 Å². The molecule has 3 heteroatoms. The molecule has 0 fully saturated rings. The highest BCUT2D eigenvalue weighted by Gasteiger charge is 2.14. The molecule has 0 saturated carbocycles. The van der Waals surface area contributed by atoms with Gasteiger partial charge in [-0.15, -0.1) is 0 Å². The van der Waals surface area contributed by atoms with Gasteiger partial charge in [0.05, 0.1) is 0 Å². The van der Waals surface area contributed by atoms with Crippen LogP contribution in [-0.2, 0) is 0 Å². The predicted octanol–water partition coefficient (Wildman–Crippen LogP) is 4.39. The molecule has 3 rings (SSSR count). The normalized spacial score (nSPS) is 12.6. The first-order valence-corrected chi connectivity index (χ1v) is 7.23. The van der Waals surface area contributed by atoms with Gasteiger partial charge in [0, 0.05) is 22.3 Å². The van der Waals surface area contributed by atoms with E-state index < -0.39 is 6.10 Å². The first kappa shape index (κ1) is 13.3. The Hall–Kier alpha value is -1.71. The van der Waals surface area contributed by atoms with Crippen LogP contribution in [0.5, 0.6) is 0 Å². The number of aliphatic hydroxyl groups excluding tert-OH is 1. The maximum Gasteiger partial charge on any atom is 0.105 e. The lowest BCUT2D eigenvalue weighted by Gasteiger charge is -2.15. The molecule has 1 N–H and O–H groups in total. The standard InChI is InChI=1S/C17H14BrNO/c1-11-5-6-12(9-16(11)18)17(20)15-4-2-3-13-10-19-8-7-14(13)15/h2-10,17,20H,1H3. The summed E-state index contributed by atoms with van der Waals surface area (Å²) in [4.78, 5) is 4.12. The number of fused-ring (bicyclic) bond motifs is 1. The van der Waals surface area contributed by atoms with Crippen molar-refractivity contribution in [2.24, 2.45) is 0 Å². The van der Waals surface area contributed by atoms with Gasteiger partial charge in [0.1, 0.15) is 6.10 Å². The summed E-state index contributed by atoms with van der Waals surface area (Å²) in [6.45, 7) is 2.03. The number of hydrogen-bond acceptors (Lipinski definition) is 2. The zero-order valence-electron chi connectivity index (χ0n) is 11.0. The number of hydrogen-bond donors (Lipinski definition) is 1. The van der Waals surface area contributed by atoms with Crippen LogP contribution in [0.2, 0.25) is 0 Å². The third-order valence-electron chi connectivity index (χ3n) is 3.52. The van der Waals surface area contributed by atoms with Crippen LogP contribution in [0.3, 0.4) is 0 Å². The lowest BCUT2D eigenvalue weighted by molar-refractivity contribution is 0.222. The van der Waals surface area contributed by atoms with Crippen LogP contribution in [0, 0.1) is 6.92 Å². The van der Waals surface area contributed by atoms with Gasteiger partial charge < -0.3 is 5.11 Å². The van der Waals surface area contributed by atoms with Crippen molar-refractivity contribution in [3.05, 3.63) is 76.0 Å². The Morgan fingerprint density at radius 3 is 2.80 bits per heavy atom. The fourth-order valence-electron chi connectivity index (χ4n) is 2.34. The summed E-state index contributed by atoms with van der Waals surface area (Å²) in [6.07, 6.45) is 2.93. The second-order valence-corrected chi connectivity index (χ2v) is 5.71. The van der Waals surface area contributed by atoms with Crippen LogP contribution >= 0.6 is 15.9 Å². The van der Waals surface area contributed by atoms with E-state index in [1.807, 2.05) is 55.6 Å². The van der Waals surface area contributed by atoms with Crippen molar-refractivity contribution in [3.63, 3.8) is 0 Å². The Bertz CT molecular complexity index is 765. The van der Waals surface area contributed by atoms with Crippen LogP contribution in [0.4, 0.5) is 0 Å². The topological polar surface area (TPSA) is 33.1 Å². The molecule has 0 radical (unpaired) electrons. The van der Waals surface area contributed by atoms with Gasteiger partial charge in [-0.3, -0.25) is 4.98 Å². The number of rotatable bonds is 2. The Kier molecular flexibility index (Phi) is 3.55. The molecule has 0 aliphatic heterocycles. The van der Waals surface area contributed by atoms with E-state index in [1.54, 1.807) is 6.20 Å². The number of nitrogens with zero attached hydrogens (tertiary/aromatic N) is 1. The number of pyridine rings is 1. The Labute approximate surface area is 126 Å². The van der Waals surface area contributed by atoms with Gasteiger partial charge in [-0.1, -0.05) is 46.3 Å². The first-order chi connectivity index (χ1) is 9.66. The minimum Gasteiger partial charge on any atom is -0.384 e. The molecular weight excluding hydrogens is 314 g/mol. The quantitative estimate of drug-likeness (QED) is 0.757. The molecule has 1 heterocycles. The van der Waals surface area contributed by atoms with Crippen molar-refractivity contribution in [1.82, 2.24) is 4.98 Å². The van der Waals surface area contributed by atoms with Crippen molar-refractivity contribution < 1.29 is 5.11 Å². The van der Waals surface area contributed by atoms with Crippen LogP contribution in [0.25, 0.3) is 10.8 Å². The van der Waals surface area contributed by atoms with Crippen molar-refractivity contribution in [2.75, 3.05) is 0 Å². The predicted molar refractivity (Wildman–Crippen MR) is 84.7 cm³/mol. The minimum atomic E-state index is -0.641. The molecule has 2 aromatic carbocycles. The first-order valence-electron chi connectivity index (χ1n) is 6.43. The highest BCUT2D eigenvalue weighted by Crippen LogP contribution is 2.30. The Morgan fingerprint density at radius 2 is 2.00 bits per heavy atom. The maximum atomic E-state index is 10.7. The molecule has 20 heavy (non-hydrogen) atoms. The molecule has 0 amide bonds. The SMILES string of the molecule is Cc1ccc(C(O)c2cccc3cnccc23)cc1Br. The van der Waals surface area contributed by atoms with E-state index in [2.05, 4.69) is 20.9 Å². The molecular formula is C17H14BrNO. The van der Waals surface area contributed by atoms with Crippen molar-refractivity contribution >= 4 is 26.7 Å². The summed E-state index contributed by atoms with van der Waals surface area (Å²) in [7, 11) is 0. The van der Waals surface area contributed by atoms with Gasteiger partial charge in [-0.05, 0) is 41.1 Å². The van der Waals surface area contributed by atoms with Gasteiger partial charge >= 0.3 is 0 Å². The lowest BCUT2D eigenvalue weighted by Crippen LogP contribution is -2.01. The summed E-state index contributed by atoms with van der Waals surface area (Å²) in [6, 6.07) is 13.8. The molecule has 0 aliphatic rings. The zero-order valence-corrected chi connectivity index (χ0v) is 12.6. The molecule has 3 aromatic rings. The summed E-state index contributed by atoms with van der Waals surface area (Å²) in [5.41, 5.74) is 2.94.